The van der Waals surface area contributed by atoms with E-state index in [9.17, 15) is 24.5 Å². The highest BCUT2D eigenvalue weighted by Gasteiger charge is 2.38. The van der Waals surface area contributed by atoms with Crippen LogP contribution in [0.15, 0.2) is 40.7 Å². The van der Waals surface area contributed by atoms with E-state index >= 15 is 0 Å². The van der Waals surface area contributed by atoms with Gasteiger partial charge in [-0.25, -0.2) is 14.4 Å². The molecule has 0 unspecified atom stereocenters. The number of aliphatic hydroxyl groups excluding tert-OH is 3. The molecule has 3 rings (SSSR count). The van der Waals surface area contributed by atoms with Gasteiger partial charge in [-0.1, -0.05) is 6.07 Å². The normalized spacial score (nSPS) is 16.2. The maximum absolute atomic E-state index is 13.9. The zero-order valence-electron chi connectivity index (χ0n) is 20.7. The van der Waals surface area contributed by atoms with E-state index in [0.29, 0.717) is 34.0 Å². The van der Waals surface area contributed by atoms with Crippen LogP contribution < -0.4 is 11.1 Å². The Morgan fingerprint density at radius 3 is 2.64 bits per heavy atom. The number of nitrogens with two attached hydrogens (primary N) is 1. The van der Waals surface area contributed by atoms with E-state index in [1.54, 1.807) is 13.1 Å². The molecule has 0 fully saturated rings. The van der Waals surface area contributed by atoms with Crippen LogP contribution in [0.3, 0.4) is 0 Å². The van der Waals surface area contributed by atoms with Gasteiger partial charge in [0, 0.05) is 42.5 Å². The predicted octanol–water partition coefficient (Wildman–Crippen LogP) is 1.56. The fourth-order valence-corrected chi connectivity index (χ4v) is 3.98. The number of hydrogen-bond donors (Lipinski definition) is 5. The van der Waals surface area contributed by atoms with Gasteiger partial charge in [0.1, 0.15) is 11.5 Å². The number of anilines is 1. The second-order valence-electron chi connectivity index (χ2n) is 9.42. The molecule has 0 spiro atoms. The summed E-state index contributed by atoms with van der Waals surface area (Å²) >= 11 is 0. The summed E-state index contributed by atoms with van der Waals surface area (Å²) in [5.41, 5.74) is 6.95. The van der Waals surface area contributed by atoms with Crippen molar-refractivity contribution in [2.24, 2.45) is 16.1 Å². The Hall–Kier alpha value is -3.41. The summed E-state index contributed by atoms with van der Waals surface area (Å²) in [6, 6.07) is 4.03. The molecule has 0 bridgehead atoms. The topological polar surface area (TPSA) is 157 Å². The van der Waals surface area contributed by atoms with Crippen molar-refractivity contribution >= 4 is 23.9 Å². The monoisotopic (exact) mass is 500 g/mol. The van der Waals surface area contributed by atoms with Crippen LogP contribution in [0.25, 0.3) is 0 Å². The van der Waals surface area contributed by atoms with Crippen molar-refractivity contribution in [2.75, 3.05) is 25.1 Å². The van der Waals surface area contributed by atoms with Crippen molar-refractivity contribution in [1.29, 1.82) is 0 Å². The Morgan fingerprint density at radius 2 is 2.00 bits per heavy atom. The van der Waals surface area contributed by atoms with Crippen LogP contribution >= 0.6 is 0 Å². The minimum atomic E-state index is -1.12. The minimum absolute atomic E-state index is 0.0345. The first kappa shape index (κ1) is 27.2. The van der Waals surface area contributed by atoms with Crippen LogP contribution in [-0.4, -0.2) is 68.1 Å². The Labute approximate surface area is 209 Å². The van der Waals surface area contributed by atoms with Crippen LogP contribution in [0.5, 0.6) is 0 Å². The van der Waals surface area contributed by atoms with Gasteiger partial charge in [0.15, 0.2) is 5.82 Å². The van der Waals surface area contributed by atoms with Crippen molar-refractivity contribution in [3.63, 3.8) is 0 Å². The van der Waals surface area contributed by atoms with Gasteiger partial charge >= 0.3 is 0 Å². The summed E-state index contributed by atoms with van der Waals surface area (Å²) in [5, 5.41) is 33.2. The minimum Gasteiger partial charge on any atom is -0.396 e. The lowest BCUT2D eigenvalue weighted by molar-refractivity contribution is -0.130. The Balaban J connectivity index is 1.99. The fraction of sp³-hybridized carbons (Fsp3) is 0.440. The highest BCUT2D eigenvalue weighted by atomic mass is 19.1. The number of nitrogens with zero attached hydrogens (tertiary/aromatic N) is 4. The number of aryl methyl sites for hydroxylation is 1. The largest absolute Gasteiger partial charge is 0.396 e. The van der Waals surface area contributed by atoms with Gasteiger partial charge in [-0.05, 0) is 56.0 Å². The van der Waals surface area contributed by atoms with Gasteiger partial charge in [-0.2, -0.15) is 4.98 Å². The molecule has 2 aromatic rings. The average molecular weight is 501 g/mol. The van der Waals surface area contributed by atoms with E-state index in [0.717, 1.165) is 0 Å². The van der Waals surface area contributed by atoms with Crippen molar-refractivity contribution < 1.29 is 24.5 Å². The molecule has 0 saturated heterocycles. The highest BCUT2D eigenvalue weighted by Crippen LogP contribution is 2.32. The zero-order valence-corrected chi connectivity index (χ0v) is 20.7. The first-order valence-corrected chi connectivity index (χ1v) is 11.6. The molecule has 11 heteroatoms. The van der Waals surface area contributed by atoms with E-state index in [1.165, 1.54) is 29.3 Å². The Bertz CT molecular complexity index is 1160. The lowest BCUT2D eigenvalue weighted by atomic mass is 9.83. The molecule has 1 amide bonds. The van der Waals surface area contributed by atoms with Crippen LogP contribution in [0.4, 0.5) is 16.2 Å². The summed E-state index contributed by atoms with van der Waals surface area (Å²) in [6.07, 6.45) is 3.13. The maximum Gasteiger partial charge on any atom is 0.270 e. The van der Waals surface area contributed by atoms with E-state index in [4.69, 9.17) is 5.73 Å². The number of benzene rings is 1. The molecule has 2 heterocycles. The third-order valence-corrected chi connectivity index (χ3v) is 6.03. The molecule has 0 atom stereocenters. The maximum atomic E-state index is 13.9. The highest BCUT2D eigenvalue weighted by molar-refractivity contribution is 6.00. The number of halogens is 1. The molecule has 194 valence electrons. The van der Waals surface area contributed by atoms with E-state index in [2.05, 4.69) is 20.3 Å². The smallest absolute Gasteiger partial charge is 0.270 e. The number of hydrogen-bond acceptors (Lipinski definition) is 9. The van der Waals surface area contributed by atoms with Crippen LogP contribution in [-0.2, 0) is 17.9 Å². The first-order valence-electron chi connectivity index (χ1n) is 11.6. The summed E-state index contributed by atoms with van der Waals surface area (Å²) in [4.78, 5) is 27.8. The fourth-order valence-electron chi connectivity index (χ4n) is 3.98. The van der Waals surface area contributed by atoms with Gasteiger partial charge in [-0.15, -0.1) is 0 Å². The lowest BCUT2D eigenvalue weighted by Gasteiger charge is -2.33. The van der Waals surface area contributed by atoms with Gasteiger partial charge in [0.05, 0.1) is 19.8 Å². The molecule has 36 heavy (non-hydrogen) atoms. The van der Waals surface area contributed by atoms with Crippen molar-refractivity contribution in [2.45, 2.75) is 46.4 Å². The number of aliphatic hydroxyl groups is 3. The van der Waals surface area contributed by atoms with Gasteiger partial charge < -0.3 is 31.3 Å². The summed E-state index contributed by atoms with van der Waals surface area (Å²) < 4.78 is 13.9. The summed E-state index contributed by atoms with van der Waals surface area (Å²) in [5.74, 6) is -0.270. The third kappa shape index (κ3) is 6.23. The number of carbonyl (C=O) groups excluding carboxylic acids is 1. The summed E-state index contributed by atoms with van der Waals surface area (Å²) in [7, 11) is 0. The van der Waals surface area contributed by atoms with Crippen molar-refractivity contribution in [1.82, 2.24) is 14.9 Å². The average Bonchev–Trinajstić information content (AvgIpc) is 2.95. The molecular weight excluding hydrogens is 467 g/mol. The lowest BCUT2D eigenvalue weighted by Crippen LogP contribution is -2.44. The second-order valence-corrected chi connectivity index (χ2v) is 9.42. The molecular formula is C25H33FN6O4. The van der Waals surface area contributed by atoms with Crippen LogP contribution in [0, 0.1) is 18.2 Å². The Morgan fingerprint density at radius 1 is 1.28 bits per heavy atom. The number of aromatic nitrogens is 2. The van der Waals surface area contributed by atoms with Crippen LogP contribution in [0.2, 0.25) is 0 Å². The first-order chi connectivity index (χ1) is 17.1. The number of amides is 1. The van der Waals surface area contributed by atoms with Crippen molar-refractivity contribution in [3.8, 4) is 0 Å². The van der Waals surface area contributed by atoms with Gasteiger partial charge in [0.2, 0.25) is 5.95 Å². The number of rotatable bonds is 9. The SMILES string of the molecule is Cc1cnc(NC(C)C)nc1N=CC1=C(N)C(=O)N(Cc2cc(F)ccc2CO)CC(CO)(CO)C1. The molecule has 1 aromatic carbocycles. The van der Waals surface area contributed by atoms with Crippen LogP contribution in [0.1, 0.15) is 37.0 Å². The number of allylic oxidation sites excluding steroid dienone is 1. The van der Waals surface area contributed by atoms with Gasteiger partial charge in [-0.3, -0.25) is 4.79 Å². The van der Waals surface area contributed by atoms with E-state index in [-0.39, 0.29) is 37.9 Å². The zero-order chi connectivity index (χ0) is 26.5. The molecule has 6 N–H and O–H groups in total. The number of aliphatic imine (C=N–C) groups is 1. The molecule has 0 saturated carbocycles. The molecule has 0 radical (unpaired) electrons. The quantitative estimate of drug-likeness (QED) is 0.325. The van der Waals surface area contributed by atoms with Gasteiger partial charge in [0.25, 0.3) is 5.91 Å². The standard InChI is InChI=1S/C25H33FN6O4/c1-15(2)30-24-29-8-16(3)22(31-24)28-9-19-7-25(13-34,14-35)12-32(23(36)21(19)27)10-18-6-20(26)5-4-17(18)11-33/h4-6,8-9,15,33-35H,7,10-14,27H2,1-3H3,(H,29,30,31). The molecule has 10 nitrogen and oxygen atoms in total. The molecule has 1 aliphatic rings. The number of nitrogens with one attached hydrogen (secondary N) is 1. The molecule has 1 aromatic heterocycles. The predicted molar refractivity (Wildman–Crippen MR) is 134 cm³/mol. The number of carbonyl (C=O) groups is 1. The second kappa shape index (κ2) is 11.5. The molecule has 0 aliphatic carbocycles. The van der Waals surface area contributed by atoms with Crippen molar-refractivity contribution in [3.05, 3.63) is 58.2 Å². The molecule has 1 aliphatic heterocycles. The Kier molecular flexibility index (Phi) is 8.72. The van der Waals surface area contributed by atoms with E-state index < -0.39 is 30.4 Å². The van der Waals surface area contributed by atoms with E-state index in [1.807, 2.05) is 13.8 Å². The summed E-state index contributed by atoms with van der Waals surface area (Å²) in [6.45, 7) is 4.42. The third-order valence-electron chi connectivity index (χ3n) is 6.03.